The Kier molecular flexibility index (Phi) is 6.31. The molecular weight excluding hydrogens is 410 g/mol. The molecule has 0 aromatic heterocycles. The predicted octanol–water partition coefficient (Wildman–Crippen LogP) is 6.23. The number of thioether (sulfide) groups is 1. The van der Waals surface area contributed by atoms with Crippen LogP contribution < -0.4 is 4.74 Å². The molecule has 0 saturated carbocycles. The predicted molar refractivity (Wildman–Crippen MR) is 127 cm³/mol. The van der Waals surface area contributed by atoms with E-state index in [-0.39, 0.29) is 12.0 Å². The first-order valence-electron chi connectivity index (χ1n) is 9.71. The molecule has 1 heterocycles. The van der Waals surface area contributed by atoms with Crippen LogP contribution in [0.2, 0.25) is 0 Å². The summed E-state index contributed by atoms with van der Waals surface area (Å²) in [5, 5.41) is 0. The van der Waals surface area contributed by atoms with Crippen molar-refractivity contribution in [3.63, 3.8) is 0 Å². The van der Waals surface area contributed by atoms with Crippen LogP contribution in [0, 0.1) is 0 Å². The van der Waals surface area contributed by atoms with Gasteiger partial charge >= 0.3 is 0 Å². The van der Waals surface area contributed by atoms with Gasteiger partial charge in [-0.2, -0.15) is 0 Å². The Morgan fingerprint density at radius 3 is 2.27 bits per heavy atom. The average Bonchev–Trinajstić information content (AvgIpc) is 3.04. The van der Waals surface area contributed by atoms with Crippen molar-refractivity contribution in [1.82, 2.24) is 4.90 Å². The van der Waals surface area contributed by atoms with Crippen LogP contribution in [0.3, 0.4) is 0 Å². The number of amides is 1. The van der Waals surface area contributed by atoms with Crippen molar-refractivity contribution < 1.29 is 9.53 Å². The van der Waals surface area contributed by atoms with Gasteiger partial charge in [0.1, 0.15) is 16.2 Å². The van der Waals surface area contributed by atoms with Gasteiger partial charge in [0.05, 0.1) is 11.4 Å². The molecule has 3 nitrogen and oxygen atoms in total. The minimum absolute atomic E-state index is 0.0358. The minimum atomic E-state index is -0.0492. The van der Waals surface area contributed by atoms with Gasteiger partial charge < -0.3 is 4.74 Å². The summed E-state index contributed by atoms with van der Waals surface area (Å²) in [5.74, 6) is 0.743. The van der Waals surface area contributed by atoms with Gasteiger partial charge in [-0.05, 0) is 41.8 Å². The highest BCUT2D eigenvalue weighted by Crippen LogP contribution is 2.34. The van der Waals surface area contributed by atoms with Crippen LogP contribution in [-0.4, -0.2) is 15.1 Å². The van der Waals surface area contributed by atoms with Crippen molar-refractivity contribution in [3.8, 4) is 5.75 Å². The smallest absolute Gasteiger partial charge is 0.266 e. The Morgan fingerprint density at radius 2 is 1.60 bits per heavy atom. The molecule has 0 spiro atoms. The zero-order chi connectivity index (χ0) is 20.9. The molecule has 1 fully saturated rings. The largest absolute Gasteiger partial charge is 0.486 e. The number of thiocarbonyl (C=S) groups is 1. The third-order valence-electron chi connectivity index (χ3n) is 4.82. The number of hydrogen-bond donors (Lipinski definition) is 0. The van der Waals surface area contributed by atoms with E-state index in [9.17, 15) is 4.79 Å². The van der Waals surface area contributed by atoms with Crippen LogP contribution in [0.5, 0.6) is 5.75 Å². The normalized spacial score (nSPS) is 16.2. The Hall–Kier alpha value is -2.89. The summed E-state index contributed by atoms with van der Waals surface area (Å²) < 4.78 is 6.61. The van der Waals surface area contributed by atoms with Crippen molar-refractivity contribution in [2.75, 3.05) is 0 Å². The molecule has 0 aliphatic carbocycles. The van der Waals surface area contributed by atoms with Gasteiger partial charge in [-0.1, -0.05) is 96.8 Å². The number of nitrogens with zero attached hydrogens (tertiary/aromatic N) is 1. The lowest BCUT2D eigenvalue weighted by atomic mass is 10.1. The first kappa shape index (κ1) is 20.4. The van der Waals surface area contributed by atoms with Crippen molar-refractivity contribution in [2.45, 2.75) is 19.6 Å². The lowest BCUT2D eigenvalue weighted by Crippen LogP contribution is -2.27. The quantitative estimate of drug-likeness (QED) is 0.342. The molecule has 3 aromatic rings. The first-order valence-corrected chi connectivity index (χ1v) is 10.9. The lowest BCUT2D eigenvalue weighted by Gasteiger charge is -2.15. The van der Waals surface area contributed by atoms with E-state index in [0.717, 1.165) is 22.4 Å². The Balaban J connectivity index is 1.43. The monoisotopic (exact) mass is 431 g/mol. The fourth-order valence-electron chi connectivity index (χ4n) is 3.19. The van der Waals surface area contributed by atoms with E-state index in [1.54, 1.807) is 4.90 Å². The molecule has 5 heteroatoms. The van der Waals surface area contributed by atoms with Crippen molar-refractivity contribution in [1.29, 1.82) is 0 Å². The fraction of sp³-hybridized carbons (Fsp3) is 0.120. The molecule has 3 aromatic carbocycles. The molecule has 150 valence electrons. The summed E-state index contributed by atoms with van der Waals surface area (Å²) >= 11 is 6.78. The van der Waals surface area contributed by atoms with Gasteiger partial charge in [-0.15, -0.1) is 0 Å². The Bertz CT molecular complexity index is 1060. The third kappa shape index (κ3) is 4.81. The second kappa shape index (κ2) is 9.28. The molecular formula is C25H21NO2S2. The highest BCUT2D eigenvalue weighted by molar-refractivity contribution is 8.26. The van der Waals surface area contributed by atoms with Crippen LogP contribution in [-0.2, 0) is 11.3 Å². The molecule has 1 aliphatic rings. The maximum absolute atomic E-state index is 12.8. The molecule has 0 N–H and O–H groups in total. The number of benzene rings is 3. The van der Waals surface area contributed by atoms with E-state index >= 15 is 0 Å². The second-order valence-electron chi connectivity index (χ2n) is 6.99. The van der Waals surface area contributed by atoms with Crippen LogP contribution in [0.4, 0.5) is 0 Å². The van der Waals surface area contributed by atoms with E-state index in [1.165, 1.54) is 11.8 Å². The number of carbonyl (C=O) groups excluding carboxylic acids is 1. The SMILES string of the molecule is C[C@@H](Oc1ccc(/C=C2/SC(=S)N(Cc3ccccc3)C2=O)cc1)c1ccccc1. The minimum Gasteiger partial charge on any atom is -0.486 e. The number of carbonyl (C=O) groups is 1. The average molecular weight is 432 g/mol. The Morgan fingerprint density at radius 1 is 0.967 bits per heavy atom. The van der Waals surface area contributed by atoms with Gasteiger partial charge in [0.15, 0.2) is 0 Å². The van der Waals surface area contributed by atoms with Gasteiger partial charge in [0.25, 0.3) is 5.91 Å². The van der Waals surface area contributed by atoms with E-state index in [0.29, 0.717) is 15.8 Å². The Labute approximate surface area is 186 Å². The summed E-state index contributed by atoms with van der Waals surface area (Å²) in [6, 6.07) is 27.8. The third-order valence-corrected chi connectivity index (χ3v) is 6.19. The van der Waals surface area contributed by atoms with Crippen molar-refractivity contribution >= 4 is 40.3 Å². The van der Waals surface area contributed by atoms with Crippen LogP contribution >= 0.6 is 24.0 Å². The van der Waals surface area contributed by atoms with Gasteiger partial charge in [-0.3, -0.25) is 9.69 Å². The zero-order valence-electron chi connectivity index (χ0n) is 16.5. The standard InChI is InChI=1S/C25H21NO2S2/c1-18(21-10-6-3-7-11-21)28-22-14-12-19(13-15-22)16-23-24(27)26(25(29)30-23)17-20-8-4-2-5-9-20/h2-16,18H,17H2,1H3/b23-16+/t18-/m1/s1. The molecule has 4 rings (SSSR count). The van der Waals surface area contributed by atoms with E-state index in [1.807, 2.05) is 85.8 Å². The summed E-state index contributed by atoms with van der Waals surface area (Å²) in [6.45, 7) is 2.52. The maximum Gasteiger partial charge on any atom is 0.266 e. The van der Waals surface area contributed by atoms with Gasteiger partial charge in [0, 0.05) is 0 Å². The summed E-state index contributed by atoms with van der Waals surface area (Å²) in [5.41, 5.74) is 3.13. The molecule has 1 amide bonds. The highest BCUT2D eigenvalue weighted by Gasteiger charge is 2.31. The number of ether oxygens (including phenoxy) is 1. The van der Waals surface area contributed by atoms with E-state index in [2.05, 4.69) is 12.1 Å². The second-order valence-corrected chi connectivity index (χ2v) is 8.67. The fourth-order valence-corrected chi connectivity index (χ4v) is 4.45. The molecule has 0 bridgehead atoms. The summed E-state index contributed by atoms with van der Waals surface area (Å²) in [4.78, 5) is 15.1. The molecule has 1 atom stereocenters. The zero-order valence-corrected chi connectivity index (χ0v) is 18.2. The summed E-state index contributed by atoms with van der Waals surface area (Å²) in [6.07, 6.45) is 1.85. The van der Waals surface area contributed by atoms with Crippen LogP contribution in [0.25, 0.3) is 6.08 Å². The topological polar surface area (TPSA) is 29.5 Å². The highest BCUT2D eigenvalue weighted by atomic mass is 32.2. The lowest BCUT2D eigenvalue weighted by molar-refractivity contribution is -0.122. The molecule has 0 unspecified atom stereocenters. The van der Waals surface area contributed by atoms with Gasteiger partial charge in [0.2, 0.25) is 0 Å². The maximum atomic E-state index is 12.8. The van der Waals surface area contributed by atoms with E-state index in [4.69, 9.17) is 17.0 Å². The molecule has 1 saturated heterocycles. The van der Waals surface area contributed by atoms with Crippen LogP contribution in [0.15, 0.2) is 89.8 Å². The van der Waals surface area contributed by atoms with Gasteiger partial charge in [-0.25, -0.2) is 0 Å². The number of rotatable bonds is 6. The number of hydrogen-bond acceptors (Lipinski definition) is 4. The molecule has 1 aliphatic heterocycles. The molecule has 0 radical (unpaired) electrons. The molecule has 30 heavy (non-hydrogen) atoms. The first-order chi connectivity index (χ1) is 14.6. The van der Waals surface area contributed by atoms with E-state index < -0.39 is 0 Å². The summed E-state index contributed by atoms with van der Waals surface area (Å²) in [7, 11) is 0. The van der Waals surface area contributed by atoms with Crippen molar-refractivity contribution in [3.05, 3.63) is 107 Å². The van der Waals surface area contributed by atoms with Crippen molar-refractivity contribution in [2.24, 2.45) is 0 Å². The van der Waals surface area contributed by atoms with Crippen LogP contribution in [0.1, 0.15) is 29.7 Å².